The molecule has 0 aliphatic heterocycles. The van der Waals surface area contributed by atoms with Gasteiger partial charge in [0.25, 0.3) is 7.52 Å². The van der Waals surface area contributed by atoms with Crippen LogP contribution in [0.1, 0.15) is 13.8 Å². The Balaban J connectivity index is 2.95. The molecule has 0 bridgehead atoms. The molecule has 0 aromatic heterocycles. The maximum atomic E-state index is 12.7. The van der Waals surface area contributed by atoms with Crippen LogP contribution in [0.5, 0.6) is 0 Å². The average Bonchev–Trinajstić information content (AvgIpc) is 2.39. The fraction of sp³-hybridized carbons (Fsp3) is 0.417. The number of esters is 1. The third kappa shape index (κ3) is 3.67. The predicted octanol–water partition coefficient (Wildman–Crippen LogP) is 1.69. The molecule has 0 spiro atoms. The molecule has 1 aromatic rings. The van der Waals surface area contributed by atoms with Crippen LogP contribution in [-0.4, -0.2) is 25.7 Å². The van der Waals surface area contributed by atoms with Gasteiger partial charge in [-0.1, -0.05) is 18.2 Å². The number of benzene rings is 1. The summed E-state index contributed by atoms with van der Waals surface area (Å²) in [5.41, 5.74) is 0. The van der Waals surface area contributed by atoms with Crippen molar-refractivity contribution in [3.63, 3.8) is 0 Å². The summed E-state index contributed by atoms with van der Waals surface area (Å²) in [6.07, 6.45) is 0. The number of rotatable bonds is 6. The maximum absolute atomic E-state index is 12.7. The highest BCUT2D eigenvalue weighted by atomic mass is 31.2. The van der Waals surface area contributed by atoms with Crippen molar-refractivity contribution in [3.05, 3.63) is 30.3 Å². The van der Waals surface area contributed by atoms with E-state index in [2.05, 4.69) is 9.82 Å². The maximum Gasteiger partial charge on any atom is 0.323 e. The van der Waals surface area contributed by atoms with Crippen molar-refractivity contribution in [1.29, 1.82) is 0 Å². The monoisotopic (exact) mass is 271 g/mol. The number of hydrogen-bond donors (Lipinski definition) is 1. The highest BCUT2D eigenvalue weighted by Crippen LogP contribution is 2.41. The normalized spacial score (nSPS) is 15.7. The lowest BCUT2D eigenvalue weighted by Crippen LogP contribution is -2.36. The fourth-order valence-corrected chi connectivity index (χ4v) is 3.39. The zero-order valence-corrected chi connectivity index (χ0v) is 11.6. The van der Waals surface area contributed by atoms with Gasteiger partial charge in [0.05, 0.1) is 19.0 Å². The Labute approximate surface area is 107 Å². The van der Waals surface area contributed by atoms with Crippen LogP contribution in [0.4, 0.5) is 0 Å². The van der Waals surface area contributed by atoms with E-state index in [1.807, 2.05) is 6.07 Å². The Hall–Kier alpha value is -1.16. The molecule has 5 nitrogen and oxygen atoms in total. The number of hydrogen-bond acceptors (Lipinski definition) is 4. The number of methoxy groups -OCH3 is 1. The van der Waals surface area contributed by atoms with Crippen LogP contribution in [0.15, 0.2) is 30.3 Å². The van der Waals surface area contributed by atoms with Crippen LogP contribution in [0.25, 0.3) is 0 Å². The molecule has 1 aromatic carbocycles. The highest BCUT2D eigenvalue weighted by Gasteiger charge is 2.30. The minimum absolute atomic E-state index is 0.285. The van der Waals surface area contributed by atoms with E-state index in [9.17, 15) is 9.36 Å². The third-order valence-corrected chi connectivity index (χ3v) is 4.65. The summed E-state index contributed by atoms with van der Waals surface area (Å²) in [5, 5.41) is 3.25. The van der Waals surface area contributed by atoms with Crippen LogP contribution >= 0.6 is 7.52 Å². The van der Waals surface area contributed by atoms with E-state index in [-0.39, 0.29) is 6.61 Å². The molecule has 100 valence electrons. The Morgan fingerprint density at radius 2 is 2.00 bits per heavy atom. The molecule has 0 saturated heterocycles. The largest absolute Gasteiger partial charge is 0.468 e. The van der Waals surface area contributed by atoms with Gasteiger partial charge in [0, 0.05) is 0 Å². The lowest BCUT2D eigenvalue weighted by molar-refractivity contribution is -0.142. The number of ether oxygens (including phenoxy) is 1. The predicted molar refractivity (Wildman–Crippen MR) is 69.9 cm³/mol. The Kier molecular flexibility index (Phi) is 5.54. The topological polar surface area (TPSA) is 64.6 Å². The summed E-state index contributed by atoms with van der Waals surface area (Å²) < 4.78 is 22.6. The molecule has 18 heavy (non-hydrogen) atoms. The summed E-state index contributed by atoms with van der Waals surface area (Å²) in [6, 6.07) is 8.06. The fourth-order valence-electron chi connectivity index (χ4n) is 1.48. The third-order valence-electron chi connectivity index (χ3n) is 2.33. The van der Waals surface area contributed by atoms with Crippen molar-refractivity contribution in [3.8, 4) is 0 Å². The zero-order chi connectivity index (χ0) is 13.6. The van der Waals surface area contributed by atoms with E-state index in [4.69, 9.17) is 4.52 Å². The second-order valence-electron chi connectivity index (χ2n) is 3.68. The zero-order valence-electron chi connectivity index (χ0n) is 10.8. The van der Waals surface area contributed by atoms with E-state index in [0.717, 1.165) is 0 Å². The van der Waals surface area contributed by atoms with Crippen molar-refractivity contribution < 1.29 is 18.6 Å². The van der Waals surface area contributed by atoms with E-state index >= 15 is 0 Å². The highest BCUT2D eigenvalue weighted by molar-refractivity contribution is 7.65. The molecule has 1 rings (SSSR count). The second kappa shape index (κ2) is 6.69. The Morgan fingerprint density at radius 3 is 2.50 bits per heavy atom. The summed E-state index contributed by atoms with van der Waals surface area (Å²) in [7, 11) is -1.96. The van der Waals surface area contributed by atoms with Crippen molar-refractivity contribution in [2.45, 2.75) is 19.9 Å². The molecule has 0 aliphatic rings. The van der Waals surface area contributed by atoms with Gasteiger partial charge in [0.2, 0.25) is 0 Å². The van der Waals surface area contributed by atoms with Gasteiger partial charge < -0.3 is 9.26 Å². The average molecular weight is 271 g/mol. The first kappa shape index (κ1) is 14.9. The van der Waals surface area contributed by atoms with Crippen molar-refractivity contribution in [2.24, 2.45) is 0 Å². The quantitative estimate of drug-likeness (QED) is 0.630. The first-order valence-corrected chi connectivity index (χ1v) is 7.31. The van der Waals surface area contributed by atoms with Crippen molar-refractivity contribution in [2.75, 3.05) is 13.7 Å². The lowest BCUT2D eigenvalue weighted by Gasteiger charge is -2.22. The molecule has 1 unspecified atom stereocenters. The van der Waals surface area contributed by atoms with E-state index in [0.29, 0.717) is 5.30 Å². The van der Waals surface area contributed by atoms with Gasteiger partial charge in [-0.2, -0.15) is 0 Å². The Morgan fingerprint density at radius 1 is 1.39 bits per heavy atom. The molecule has 0 heterocycles. The summed E-state index contributed by atoms with van der Waals surface area (Å²) in [4.78, 5) is 11.4. The van der Waals surface area contributed by atoms with E-state index in [1.54, 1.807) is 38.1 Å². The van der Waals surface area contributed by atoms with Gasteiger partial charge in [0.1, 0.15) is 6.04 Å². The van der Waals surface area contributed by atoms with Gasteiger partial charge in [-0.3, -0.25) is 9.36 Å². The molecule has 0 fully saturated rings. The van der Waals surface area contributed by atoms with Crippen molar-refractivity contribution in [1.82, 2.24) is 5.09 Å². The molecule has 2 atom stereocenters. The second-order valence-corrected chi connectivity index (χ2v) is 5.81. The van der Waals surface area contributed by atoms with E-state index in [1.165, 1.54) is 7.11 Å². The van der Waals surface area contributed by atoms with Gasteiger partial charge in [0.15, 0.2) is 0 Å². The molecular formula is C12H18NO4P. The molecular weight excluding hydrogens is 253 g/mol. The van der Waals surface area contributed by atoms with Crippen LogP contribution < -0.4 is 10.4 Å². The van der Waals surface area contributed by atoms with Crippen LogP contribution in [0.3, 0.4) is 0 Å². The van der Waals surface area contributed by atoms with E-state index < -0.39 is 19.5 Å². The van der Waals surface area contributed by atoms with Gasteiger partial charge in [-0.15, -0.1) is 0 Å². The molecule has 0 amide bonds. The number of carbonyl (C=O) groups excluding carboxylic acids is 1. The lowest BCUT2D eigenvalue weighted by atomic mass is 10.4. The van der Waals surface area contributed by atoms with Gasteiger partial charge >= 0.3 is 5.97 Å². The number of carbonyl (C=O) groups is 1. The smallest absolute Gasteiger partial charge is 0.323 e. The minimum Gasteiger partial charge on any atom is -0.468 e. The van der Waals surface area contributed by atoms with Crippen molar-refractivity contribution >= 4 is 18.8 Å². The van der Waals surface area contributed by atoms with Crippen LogP contribution in [0, 0.1) is 0 Å². The summed E-state index contributed by atoms with van der Waals surface area (Å²) in [5.74, 6) is -0.481. The molecule has 1 N–H and O–H groups in total. The number of nitrogens with one attached hydrogen (secondary N) is 1. The van der Waals surface area contributed by atoms with Gasteiger partial charge in [-0.05, 0) is 26.0 Å². The first-order valence-electron chi connectivity index (χ1n) is 5.69. The van der Waals surface area contributed by atoms with Gasteiger partial charge in [-0.25, -0.2) is 5.09 Å². The molecule has 0 saturated carbocycles. The van der Waals surface area contributed by atoms with Crippen LogP contribution in [0.2, 0.25) is 0 Å². The summed E-state index contributed by atoms with van der Waals surface area (Å²) >= 11 is 0. The van der Waals surface area contributed by atoms with Crippen LogP contribution in [-0.2, 0) is 18.6 Å². The molecule has 0 radical (unpaired) electrons. The Bertz CT molecular complexity index is 435. The SMILES string of the molecule is CCOP(=O)(N[C@@H](C)C(=O)OC)c1ccccc1. The minimum atomic E-state index is -3.25. The molecule has 6 heteroatoms. The molecule has 0 aliphatic carbocycles. The first-order chi connectivity index (χ1) is 8.53. The standard InChI is InChI=1S/C12H18NO4P/c1-4-17-18(15,11-8-6-5-7-9-11)13-10(2)12(14)16-3/h5-10H,4H2,1-3H3,(H,13,15)/t10-,18?/m0/s1. The summed E-state index contributed by atoms with van der Waals surface area (Å²) in [6.45, 7) is 3.62.